The number of benzene rings is 2. The lowest BCUT2D eigenvalue weighted by Gasteiger charge is -2.35. The van der Waals surface area contributed by atoms with Crippen LogP contribution in [0.5, 0.6) is 5.75 Å². The zero-order chi connectivity index (χ0) is 18.2. The first-order chi connectivity index (χ1) is 12.8. The van der Waals surface area contributed by atoms with Crippen LogP contribution in [0, 0.1) is 0 Å². The van der Waals surface area contributed by atoms with Gasteiger partial charge in [0.2, 0.25) is 5.91 Å². The second-order valence-electron chi connectivity index (χ2n) is 6.85. The Labute approximate surface area is 156 Å². The number of nitrogens with zero attached hydrogens (tertiary/aromatic N) is 1. The van der Waals surface area contributed by atoms with Crippen molar-refractivity contribution in [3.63, 3.8) is 0 Å². The molecule has 1 N–H and O–H groups in total. The standard InChI is InChI=1S/C22H28N2O2/c1-26-20-12-10-18(11-13-20)16-22(25)23-17-21(19-8-4-2-5-9-19)24-14-6-3-7-15-24/h2,4-5,8-13,21H,3,6-7,14-17H2,1H3,(H,23,25). The molecule has 1 unspecified atom stereocenters. The van der Waals surface area contributed by atoms with Gasteiger partial charge in [0.1, 0.15) is 5.75 Å². The summed E-state index contributed by atoms with van der Waals surface area (Å²) < 4.78 is 5.16. The Bertz CT molecular complexity index is 679. The molecule has 1 aliphatic heterocycles. The van der Waals surface area contributed by atoms with E-state index in [0.29, 0.717) is 13.0 Å². The first-order valence-corrected chi connectivity index (χ1v) is 9.45. The van der Waals surface area contributed by atoms with Gasteiger partial charge in [-0.3, -0.25) is 9.69 Å². The van der Waals surface area contributed by atoms with Crippen LogP contribution in [0.4, 0.5) is 0 Å². The van der Waals surface area contributed by atoms with Gasteiger partial charge in [-0.2, -0.15) is 0 Å². The molecule has 0 spiro atoms. The van der Waals surface area contributed by atoms with Gasteiger partial charge >= 0.3 is 0 Å². The van der Waals surface area contributed by atoms with E-state index >= 15 is 0 Å². The summed E-state index contributed by atoms with van der Waals surface area (Å²) >= 11 is 0. The van der Waals surface area contributed by atoms with Crippen molar-refractivity contribution in [2.45, 2.75) is 31.7 Å². The number of rotatable bonds is 7. The predicted octanol–water partition coefficient (Wildman–Crippen LogP) is 3.58. The lowest BCUT2D eigenvalue weighted by atomic mass is 10.0. The zero-order valence-corrected chi connectivity index (χ0v) is 15.5. The molecule has 1 atom stereocenters. The van der Waals surface area contributed by atoms with Crippen LogP contribution in [0.3, 0.4) is 0 Å². The minimum Gasteiger partial charge on any atom is -0.497 e. The van der Waals surface area contributed by atoms with Gasteiger partial charge in [-0.25, -0.2) is 0 Å². The van der Waals surface area contributed by atoms with Crippen molar-refractivity contribution in [3.05, 3.63) is 65.7 Å². The first kappa shape index (κ1) is 18.5. The number of carbonyl (C=O) groups is 1. The summed E-state index contributed by atoms with van der Waals surface area (Å²) in [6.45, 7) is 2.86. The summed E-state index contributed by atoms with van der Waals surface area (Å²) in [5.74, 6) is 0.872. The van der Waals surface area contributed by atoms with Gasteiger partial charge in [0.15, 0.2) is 0 Å². The van der Waals surface area contributed by atoms with Crippen molar-refractivity contribution < 1.29 is 9.53 Å². The number of likely N-dealkylation sites (tertiary alicyclic amines) is 1. The highest BCUT2D eigenvalue weighted by atomic mass is 16.5. The van der Waals surface area contributed by atoms with Crippen molar-refractivity contribution >= 4 is 5.91 Å². The number of methoxy groups -OCH3 is 1. The lowest BCUT2D eigenvalue weighted by molar-refractivity contribution is -0.120. The number of piperidine rings is 1. The molecule has 1 heterocycles. The Hall–Kier alpha value is -2.33. The summed E-state index contributed by atoms with van der Waals surface area (Å²) in [7, 11) is 1.64. The molecule has 1 aliphatic rings. The van der Waals surface area contributed by atoms with E-state index in [-0.39, 0.29) is 11.9 Å². The van der Waals surface area contributed by atoms with Crippen molar-refractivity contribution in [2.24, 2.45) is 0 Å². The Balaban J connectivity index is 1.60. The van der Waals surface area contributed by atoms with Gasteiger partial charge in [-0.05, 0) is 49.2 Å². The van der Waals surface area contributed by atoms with Crippen LogP contribution in [0.25, 0.3) is 0 Å². The maximum atomic E-state index is 12.4. The second-order valence-corrected chi connectivity index (χ2v) is 6.85. The average Bonchev–Trinajstić information content (AvgIpc) is 2.70. The minimum absolute atomic E-state index is 0.0631. The molecule has 0 aromatic heterocycles. The Morgan fingerprint density at radius 1 is 1.04 bits per heavy atom. The van der Waals surface area contributed by atoms with E-state index in [1.54, 1.807) is 7.11 Å². The van der Waals surface area contributed by atoms with E-state index in [9.17, 15) is 4.79 Å². The van der Waals surface area contributed by atoms with E-state index in [2.05, 4.69) is 34.5 Å². The SMILES string of the molecule is COc1ccc(CC(=O)NCC(c2ccccc2)N2CCCCC2)cc1. The Kier molecular flexibility index (Phi) is 6.67. The number of hydrogen-bond acceptors (Lipinski definition) is 3. The van der Waals surface area contributed by atoms with Gasteiger partial charge in [0.25, 0.3) is 0 Å². The lowest BCUT2D eigenvalue weighted by Crippen LogP contribution is -2.41. The molecule has 0 radical (unpaired) electrons. The molecule has 138 valence electrons. The third-order valence-corrected chi connectivity index (χ3v) is 5.03. The van der Waals surface area contributed by atoms with E-state index in [0.717, 1.165) is 24.4 Å². The molecule has 2 aromatic carbocycles. The van der Waals surface area contributed by atoms with Crippen molar-refractivity contribution in [1.82, 2.24) is 10.2 Å². The summed E-state index contributed by atoms with van der Waals surface area (Å²) in [6, 6.07) is 18.4. The quantitative estimate of drug-likeness (QED) is 0.828. The fourth-order valence-corrected chi connectivity index (χ4v) is 3.56. The average molecular weight is 352 g/mol. The van der Waals surface area contributed by atoms with E-state index in [4.69, 9.17) is 4.74 Å². The fourth-order valence-electron chi connectivity index (χ4n) is 3.56. The summed E-state index contributed by atoms with van der Waals surface area (Å²) in [6.07, 6.45) is 4.18. The third-order valence-electron chi connectivity index (χ3n) is 5.03. The van der Waals surface area contributed by atoms with Gasteiger partial charge in [-0.15, -0.1) is 0 Å². The highest BCUT2D eigenvalue weighted by Crippen LogP contribution is 2.24. The highest BCUT2D eigenvalue weighted by molar-refractivity contribution is 5.78. The molecule has 0 aliphatic carbocycles. The number of nitrogens with one attached hydrogen (secondary N) is 1. The molecule has 3 rings (SSSR count). The smallest absolute Gasteiger partial charge is 0.224 e. The number of carbonyl (C=O) groups excluding carboxylic acids is 1. The minimum atomic E-state index is 0.0631. The fraction of sp³-hybridized carbons (Fsp3) is 0.409. The van der Waals surface area contributed by atoms with Gasteiger partial charge in [0, 0.05) is 6.54 Å². The normalized spacial score (nSPS) is 16.0. The highest BCUT2D eigenvalue weighted by Gasteiger charge is 2.22. The van der Waals surface area contributed by atoms with Crippen molar-refractivity contribution in [2.75, 3.05) is 26.7 Å². The van der Waals surface area contributed by atoms with Crippen LogP contribution < -0.4 is 10.1 Å². The number of ether oxygens (including phenoxy) is 1. The second kappa shape index (κ2) is 9.39. The number of hydrogen-bond donors (Lipinski definition) is 1. The molecule has 4 heteroatoms. The summed E-state index contributed by atoms with van der Waals surface area (Å²) in [5.41, 5.74) is 2.27. The van der Waals surface area contributed by atoms with Gasteiger partial charge in [-0.1, -0.05) is 48.9 Å². The number of amides is 1. The molecule has 4 nitrogen and oxygen atoms in total. The molecule has 1 saturated heterocycles. The molecule has 2 aromatic rings. The maximum absolute atomic E-state index is 12.4. The first-order valence-electron chi connectivity index (χ1n) is 9.45. The molecule has 0 bridgehead atoms. The zero-order valence-electron chi connectivity index (χ0n) is 15.5. The summed E-state index contributed by atoms with van der Waals surface area (Å²) in [4.78, 5) is 14.9. The van der Waals surface area contributed by atoms with Crippen LogP contribution >= 0.6 is 0 Å². The topological polar surface area (TPSA) is 41.6 Å². The monoisotopic (exact) mass is 352 g/mol. The summed E-state index contributed by atoms with van der Waals surface area (Å²) in [5, 5.41) is 3.14. The van der Waals surface area contributed by atoms with Crippen molar-refractivity contribution in [3.8, 4) is 5.75 Å². The van der Waals surface area contributed by atoms with Crippen LogP contribution in [0.1, 0.15) is 36.4 Å². The van der Waals surface area contributed by atoms with E-state index in [1.807, 2.05) is 30.3 Å². The maximum Gasteiger partial charge on any atom is 0.224 e. The largest absolute Gasteiger partial charge is 0.497 e. The third kappa shape index (κ3) is 5.09. The molecule has 1 fully saturated rings. The molecule has 26 heavy (non-hydrogen) atoms. The van der Waals surface area contributed by atoms with E-state index in [1.165, 1.54) is 24.8 Å². The molecular weight excluding hydrogens is 324 g/mol. The Morgan fingerprint density at radius 3 is 2.38 bits per heavy atom. The van der Waals surface area contributed by atoms with Gasteiger partial charge < -0.3 is 10.1 Å². The van der Waals surface area contributed by atoms with Crippen LogP contribution in [0.2, 0.25) is 0 Å². The van der Waals surface area contributed by atoms with Gasteiger partial charge in [0.05, 0.1) is 19.6 Å². The molecule has 1 amide bonds. The van der Waals surface area contributed by atoms with Crippen LogP contribution in [0.15, 0.2) is 54.6 Å². The van der Waals surface area contributed by atoms with Crippen LogP contribution in [-0.2, 0) is 11.2 Å². The van der Waals surface area contributed by atoms with E-state index < -0.39 is 0 Å². The Morgan fingerprint density at radius 2 is 1.73 bits per heavy atom. The predicted molar refractivity (Wildman–Crippen MR) is 104 cm³/mol. The van der Waals surface area contributed by atoms with Crippen molar-refractivity contribution in [1.29, 1.82) is 0 Å². The molecule has 0 saturated carbocycles. The molecular formula is C22H28N2O2. The van der Waals surface area contributed by atoms with Crippen LogP contribution in [-0.4, -0.2) is 37.6 Å².